The van der Waals surface area contributed by atoms with Gasteiger partial charge in [-0.15, -0.1) is 0 Å². The number of esters is 2. The van der Waals surface area contributed by atoms with Gasteiger partial charge in [0.25, 0.3) is 0 Å². The predicted molar refractivity (Wildman–Crippen MR) is 123 cm³/mol. The third-order valence-electron chi connectivity index (χ3n) is 4.94. The number of rotatable bonds is 8. The van der Waals surface area contributed by atoms with Gasteiger partial charge in [-0.25, -0.2) is 9.59 Å². The van der Waals surface area contributed by atoms with E-state index in [0.717, 1.165) is 25.1 Å². The first kappa shape index (κ1) is 23.2. The van der Waals surface area contributed by atoms with Crippen molar-refractivity contribution in [3.63, 3.8) is 0 Å². The van der Waals surface area contributed by atoms with Crippen LogP contribution in [0.2, 0.25) is 0 Å². The molecule has 2 heterocycles. The third-order valence-corrected chi connectivity index (χ3v) is 4.94. The molecule has 2 N–H and O–H groups in total. The highest BCUT2D eigenvalue weighted by Gasteiger charge is 2.25. The Morgan fingerprint density at radius 2 is 1.76 bits per heavy atom. The minimum atomic E-state index is -0.921. The predicted octanol–water partition coefficient (Wildman–Crippen LogP) is 2.58. The maximum atomic E-state index is 13.4. The first-order valence-electron chi connectivity index (χ1n) is 10.8. The number of nitrogens with one attached hydrogen (secondary N) is 1. The van der Waals surface area contributed by atoms with Gasteiger partial charge >= 0.3 is 11.9 Å². The number of aliphatic hydroxyl groups is 1. The van der Waals surface area contributed by atoms with Crippen LogP contribution in [0.3, 0.4) is 0 Å². The molecule has 0 amide bonds. The summed E-state index contributed by atoms with van der Waals surface area (Å²) in [6.07, 6.45) is 1.92. The topological polar surface area (TPSA) is 124 Å². The molecule has 2 bridgehead atoms. The molecule has 0 aliphatic carbocycles. The summed E-state index contributed by atoms with van der Waals surface area (Å²) in [5.74, 6) is -1.98. The molecule has 1 unspecified atom stereocenters. The van der Waals surface area contributed by atoms with Crippen molar-refractivity contribution in [2.24, 2.45) is 0 Å². The molecule has 0 fully saturated rings. The quantitative estimate of drug-likeness (QED) is 0.293. The summed E-state index contributed by atoms with van der Waals surface area (Å²) in [7, 11) is 0. The van der Waals surface area contributed by atoms with Crippen LogP contribution in [0, 0.1) is 0 Å². The molecule has 1 aromatic heterocycles. The van der Waals surface area contributed by atoms with Crippen molar-refractivity contribution in [2.75, 3.05) is 19.7 Å². The van der Waals surface area contributed by atoms with Crippen molar-refractivity contribution in [2.45, 2.75) is 19.4 Å². The third kappa shape index (κ3) is 5.16. The fraction of sp³-hybridized carbons (Fsp3) is 0.240. The van der Waals surface area contributed by atoms with Crippen LogP contribution in [-0.2, 0) is 9.59 Å². The fourth-order valence-corrected chi connectivity index (χ4v) is 3.39. The van der Waals surface area contributed by atoms with E-state index >= 15 is 0 Å². The Morgan fingerprint density at radius 3 is 2.50 bits per heavy atom. The summed E-state index contributed by atoms with van der Waals surface area (Å²) in [4.78, 5) is 37.7. The van der Waals surface area contributed by atoms with E-state index in [1.165, 1.54) is 12.1 Å². The second-order valence-electron chi connectivity index (χ2n) is 7.59. The van der Waals surface area contributed by atoms with Crippen LogP contribution in [0.1, 0.15) is 13.3 Å². The zero-order chi connectivity index (χ0) is 24.1. The number of carbonyl (C=O) groups is 2. The standard InChI is InChI=1S/C25H23NO8/c1-2-10-26-13-16(27)14-31-17-11-18-22-19(12-17)33-24(15-6-4-3-5-7-15)25(23(22)30)34-21(29)9-8-20(28)32-18/h3-9,11-12,16,26-27H,2,10,13-14H2,1H3/b9-8-. The lowest BCUT2D eigenvalue weighted by Crippen LogP contribution is -2.31. The van der Waals surface area contributed by atoms with Crippen molar-refractivity contribution >= 4 is 22.9 Å². The van der Waals surface area contributed by atoms with E-state index in [1.54, 1.807) is 30.3 Å². The van der Waals surface area contributed by atoms with Crippen molar-refractivity contribution in [3.8, 4) is 28.6 Å². The first-order valence-corrected chi connectivity index (χ1v) is 10.8. The summed E-state index contributed by atoms with van der Waals surface area (Å²) < 4.78 is 22.2. The van der Waals surface area contributed by atoms with Crippen molar-refractivity contribution in [3.05, 3.63) is 64.8 Å². The Labute approximate surface area is 194 Å². The SMILES string of the molecule is CCCNCC(O)COc1cc2c3c(=O)c(c(-c4ccccc4)oc3c1)OC(=O)/C=C\C(=O)O2. The minimum Gasteiger partial charge on any atom is -0.491 e. The Bertz CT molecular complexity index is 1300. The summed E-state index contributed by atoms with van der Waals surface area (Å²) in [5.41, 5.74) is -0.110. The van der Waals surface area contributed by atoms with Crippen LogP contribution in [0.25, 0.3) is 22.3 Å². The summed E-state index contributed by atoms with van der Waals surface area (Å²) in [6.45, 7) is 3.09. The minimum absolute atomic E-state index is 0.0404. The van der Waals surface area contributed by atoms with Gasteiger partial charge in [-0.05, 0) is 13.0 Å². The lowest BCUT2D eigenvalue weighted by atomic mass is 10.1. The van der Waals surface area contributed by atoms with Gasteiger partial charge in [-0.2, -0.15) is 0 Å². The highest BCUT2D eigenvalue weighted by Crippen LogP contribution is 2.37. The highest BCUT2D eigenvalue weighted by atomic mass is 16.6. The molecule has 1 aliphatic rings. The maximum absolute atomic E-state index is 13.4. The molecule has 9 nitrogen and oxygen atoms in total. The number of hydrogen-bond donors (Lipinski definition) is 2. The van der Waals surface area contributed by atoms with Gasteiger partial charge in [0.05, 0.1) is 0 Å². The molecule has 9 heteroatoms. The Morgan fingerprint density at radius 1 is 1.03 bits per heavy atom. The van der Waals surface area contributed by atoms with E-state index in [0.29, 0.717) is 12.1 Å². The monoisotopic (exact) mass is 465 g/mol. The van der Waals surface area contributed by atoms with Crippen LogP contribution in [0.5, 0.6) is 17.2 Å². The number of hydrogen-bond acceptors (Lipinski definition) is 9. The average molecular weight is 465 g/mol. The van der Waals surface area contributed by atoms with Gasteiger partial charge in [0.1, 0.15) is 35.2 Å². The van der Waals surface area contributed by atoms with E-state index in [4.69, 9.17) is 18.6 Å². The summed E-state index contributed by atoms with van der Waals surface area (Å²) in [5, 5.41) is 13.2. The van der Waals surface area contributed by atoms with Crippen LogP contribution in [0.4, 0.5) is 0 Å². The number of aliphatic hydroxyl groups excluding tert-OH is 1. The average Bonchev–Trinajstić information content (AvgIpc) is 2.83. The van der Waals surface area contributed by atoms with Crippen molar-refractivity contribution < 1.29 is 33.3 Å². The lowest BCUT2D eigenvalue weighted by molar-refractivity contribution is -0.131. The zero-order valence-corrected chi connectivity index (χ0v) is 18.4. The number of carbonyl (C=O) groups excluding carboxylic acids is 2. The molecular formula is C25H23NO8. The van der Waals surface area contributed by atoms with Gasteiger partial charge < -0.3 is 29.1 Å². The molecule has 0 spiro atoms. The van der Waals surface area contributed by atoms with Gasteiger partial charge in [-0.3, -0.25) is 4.79 Å². The van der Waals surface area contributed by atoms with Gasteiger partial charge in [0, 0.05) is 36.4 Å². The molecule has 4 rings (SSSR count). The van der Waals surface area contributed by atoms with E-state index in [2.05, 4.69) is 5.32 Å². The van der Waals surface area contributed by atoms with Crippen LogP contribution >= 0.6 is 0 Å². The van der Waals surface area contributed by atoms with Crippen LogP contribution in [0.15, 0.2) is 63.8 Å². The second kappa shape index (κ2) is 10.3. The second-order valence-corrected chi connectivity index (χ2v) is 7.59. The molecule has 0 radical (unpaired) electrons. The van der Waals surface area contributed by atoms with E-state index in [-0.39, 0.29) is 40.6 Å². The molecule has 0 saturated heterocycles. The summed E-state index contributed by atoms with van der Waals surface area (Å²) in [6, 6.07) is 11.5. The van der Waals surface area contributed by atoms with Gasteiger partial charge in [0.2, 0.25) is 11.2 Å². The Balaban J connectivity index is 1.81. The highest BCUT2D eigenvalue weighted by molar-refractivity contribution is 5.98. The Hall–Kier alpha value is -3.95. The van der Waals surface area contributed by atoms with Crippen molar-refractivity contribution in [1.29, 1.82) is 0 Å². The molecule has 3 aromatic rings. The van der Waals surface area contributed by atoms with Crippen molar-refractivity contribution in [1.82, 2.24) is 5.32 Å². The van der Waals surface area contributed by atoms with E-state index in [1.807, 2.05) is 6.92 Å². The van der Waals surface area contributed by atoms with E-state index < -0.39 is 23.5 Å². The van der Waals surface area contributed by atoms with Crippen LogP contribution < -0.4 is 25.0 Å². The maximum Gasteiger partial charge on any atom is 0.336 e. The smallest absolute Gasteiger partial charge is 0.336 e. The molecule has 34 heavy (non-hydrogen) atoms. The summed E-state index contributed by atoms with van der Waals surface area (Å²) >= 11 is 0. The van der Waals surface area contributed by atoms with Gasteiger partial charge in [0.15, 0.2) is 5.76 Å². The Kier molecular flexibility index (Phi) is 7.05. The number of benzene rings is 2. The largest absolute Gasteiger partial charge is 0.491 e. The molecule has 0 saturated carbocycles. The molecular weight excluding hydrogens is 442 g/mol. The molecule has 1 aliphatic heterocycles. The van der Waals surface area contributed by atoms with E-state index in [9.17, 15) is 19.5 Å². The molecule has 176 valence electrons. The van der Waals surface area contributed by atoms with Gasteiger partial charge in [-0.1, -0.05) is 37.3 Å². The zero-order valence-electron chi connectivity index (χ0n) is 18.4. The number of fused-ring (bicyclic) bond motifs is 1. The number of ether oxygens (including phenoxy) is 3. The normalized spacial score (nSPS) is 15.0. The fourth-order valence-electron chi connectivity index (χ4n) is 3.39. The first-order chi connectivity index (χ1) is 16.5. The lowest BCUT2D eigenvalue weighted by Gasteiger charge is -2.16. The molecule has 1 atom stereocenters. The molecule has 2 aromatic carbocycles. The van der Waals surface area contributed by atoms with Crippen LogP contribution in [-0.4, -0.2) is 42.8 Å².